The highest BCUT2D eigenvalue weighted by molar-refractivity contribution is 6.01. The Balaban J connectivity index is 3.63. The molecule has 0 bridgehead atoms. The number of nitrogens with zero attached hydrogens (tertiary/aromatic N) is 1. The standard InChI is InChI=1S/C31H51N7O3/c1-4-5-6-7-8-9-10-11-12-13-14-15-16-17-18-19-20-21-22-23-28(39)35-25-24-34-26-27-41-31(40)37-29(32)36-30(33)38(2)3/h5-6,8-9,11-12,14-15,17-18,20-21,34H,4,7,10,13,16,19,22-27H2,1-3H3,(H,35,39)(H4,32,33,36,37,40)/b6-5-,9-8-,12-11-,15-14-,18-17-,21-20-. The molecule has 228 valence electrons. The Morgan fingerprint density at radius 2 is 1.22 bits per heavy atom. The number of carbonyl (C=O) groups is 2. The van der Waals surface area contributed by atoms with Gasteiger partial charge in [0.2, 0.25) is 11.9 Å². The van der Waals surface area contributed by atoms with Crippen LogP contribution in [0.2, 0.25) is 0 Å². The van der Waals surface area contributed by atoms with Crippen LogP contribution in [0.5, 0.6) is 0 Å². The average molecular weight is 570 g/mol. The number of allylic oxidation sites excluding steroid dienone is 12. The summed E-state index contributed by atoms with van der Waals surface area (Å²) < 4.78 is 4.94. The molecule has 0 radical (unpaired) electrons. The molecule has 41 heavy (non-hydrogen) atoms. The summed E-state index contributed by atoms with van der Waals surface area (Å²) >= 11 is 0. The number of carbonyl (C=O) groups excluding carboxylic acids is 2. The highest BCUT2D eigenvalue weighted by Crippen LogP contribution is 1.97. The van der Waals surface area contributed by atoms with Crippen molar-refractivity contribution in [2.75, 3.05) is 40.3 Å². The molecule has 0 aliphatic rings. The summed E-state index contributed by atoms with van der Waals surface area (Å²) in [5, 5.41) is 25.6. The average Bonchev–Trinajstić information content (AvgIpc) is 2.93. The zero-order chi connectivity index (χ0) is 30.4. The molecule has 10 nitrogen and oxygen atoms in total. The van der Waals surface area contributed by atoms with Crippen LogP contribution in [0, 0.1) is 10.8 Å². The van der Waals surface area contributed by atoms with Gasteiger partial charge in [-0.2, -0.15) is 0 Å². The molecule has 0 unspecified atom stereocenters. The van der Waals surface area contributed by atoms with Gasteiger partial charge < -0.3 is 20.3 Å². The number of hydrogen-bond acceptors (Lipinski definition) is 6. The van der Waals surface area contributed by atoms with Crippen LogP contribution in [-0.4, -0.2) is 69.2 Å². The first-order valence-corrected chi connectivity index (χ1v) is 14.3. The summed E-state index contributed by atoms with van der Waals surface area (Å²) in [6.07, 6.45) is 32.1. The molecule has 6 N–H and O–H groups in total. The van der Waals surface area contributed by atoms with Crippen molar-refractivity contribution >= 4 is 23.9 Å². The SMILES string of the molecule is CC/C=C\C/C=C\C/C=C\C/C=C\C/C=C\C/C=C\CCC(=O)NCCNCCOC(=O)NC(=N)NC(=N)N(C)C. The van der Waals surface area contributed by atoms with Gasteiger partial charge in [-0.15, -0.1) is 0 Å². The first-order chi connectivity index (χ1) is 19.9. The van der Waals surface area contributed by atoms with Gasteiger partial charge in [-0.1, -0.05) is 79.8 Å². The van der Waals surface area contributed by atoms with Crippen molar-refractivity contribution in [2.24, 2.45) is 0 Å². The van der Waals surface area contributed by atoms with Gasteiger partial charge in [-0.05, 0) is 44.9 Å². The second kappa shape index (κ2) is 27.6. The van der Waals surface area contributed by atoms with Crippen LogP contribution in [0.15, 0.2) is 72.9 Å². The summed E-state index contributed by atoms with van der Waals surface area (Å²) in [5.74, 6) is -0.374. The van der Waals surface area contributed by atoms with Crippen LogP contribution >= 0.6 is 0 Å². The van der Waals surface area contributed by atoms with Crippen molar-refractivity contribution in [1.29, 1.82) is 10.8 Å². The van der Waals surface area contributed by atoms with Crippen molar-refractivity contribution < 1.29 is 14.3 Å². The van der Waals surface area contributed by atoms with E-state index in [1.165, 1.54) is 4.90 Å². The van der Waals surface area contributed by atoms with Gasteiger partial charge in [0, 0.05) is 40.2 Å². The van der Waals surface area contributed by atoms with Crippen molar-refractivity contribution in [3.05, 3.63) is 72.9 Å². The second-order valence-corrected chi connectivity index (χ2v) is 9.06. The van der Waals surface area contributed by atoms with E-state index < -0.39 is 6.09 Å². The number of nitrogens with one attached hydrogen (secondary N) is 6. The Bertz CT molecular complexity index is 919. The predicted molar refractivity (Wildman–Crippen MR) is 170 cm³/mol. The minimum Gasteiger partial charge on any atom is -0.448 e. The van der Waals surface area contributed by atoms with Gasteiger partial charge in [-0.25, -0.2) is 4.79 Å². The van der Waals surface area contributed by atoms with E-state index in [1.54, 1.807) is 14.1 Å². The molecule has 0 saturated heterocycles. The summed E-state index contributed by atoms with van der Waals surface area (Å²) in [6, 6.07) is 0. The lowest BCUT2D eigenvalue weighted by molar-refractivity contribution is -0.120. The Morgan fingerprint density at radius 1 is 0.707 bits per heavy atom. The highest BCUT2D eigenvalue weighted by Gasteiger charge is 2.07. The lowest BCUT2D eigenvalue weighted by Gasteiger charge is -2.16. The van der Waals surface area contributed by atoms with E-state index in [0.717, 1.165) is 38.5 Å². The molecule has 0 spiro atoms. The molecule has 0 saturated carbocycles. The topological polar surface area (TPSA) is 142 Å². The molecule has 10 heteroatoms. The number of rotatable bonds is 20. The number of amides is 2. The molecular formula is C31H51N7O3. The van der Waals surface area contributed by atoms with E-state index in [4.69, 9.17) is 15.6 Å². The third-order valence-electron chi connectivity index (χ3n) is 5.19. The minimum absolute atomic E-state index is 0.00346. The normalized spacial score (nSPS) is 11.9. The lowest BCUT2D eigenvalue weighted by Crippen LogP contribution is -2.47. The maximum atomic E-state index is 11.9. The Hall–Kier alpha value is -3.92. The molecule has 0 atom stereocenters. The van der Waals surface area contributed by atoms with E-state index in [9.17, 15) is 9.59 Å². The molecule has 0 aliphatic heterocycles. The van der Waals surface area contributed by atoms with Crippen molar-refractivity contribution in [1.82, 2.24) is 26.2 Å². The molecular weight excluding hydrogens is 518 g/mol. The maximum Gasteiger partial charge on any atom is 0.414 e. The molecule has 0 fully saturated rings. The zero-order valence-corrected chi connectivity index (χ0v) is 25.1. The van der Waals surface area contributed by atoms with E-state index in [1.807, 2.05) is 6.08 Å². The number of hydrogen-bond donors (Lipinski definition) is 6. The Labute approximate surface area is 246 Å². The van der Waals surface area contributed by atoms with E-state index in [0.29, 0.717) is 32.5 Å². The van der Waals surface area contributed by atoms with Gasteiger partial charge in [0.1, 0.15) is 6.61 Å². The smallest absolute Gasteiger partial charge is 0.414 e. The summed E-state index contributed by atoms with van der Waals surface area (Å²) in [6.45, 7) is 3.70. The number of ether oxygens (including phenoxy) is 1. The molecule has 0 aliphatic carbocycles. The quantitative estimate of drug-likeness (QED) is 0.0532. The van der Waals surface area contributed by atoms with Crippen LogP contribution in [0.25, 0.3) is 0 Å². The van der Waals surface area contributed by atoms with Crippen LogP contribution in [0.4, 0.5) is 4.79 Å². The van der Waals surface area contributed by atoms with Crippen LogP contribution in [-0.2, 0) is 9.53 Å². The molecule has 2 amide bonds. The van der Waals surface area contributed by atoms with E-state index >= 15 is 0 Å². The minimum atomic E-state index is -0.779. The summed E-state index contributed by atoms with van der Waals surface area (Å²) in [4.78, 5) is 24.9. The molecule has 0 aromatic heterocycles. The number of alkyl carbamates (subject to hydrolysis) is 1. The molecule has 0 aromatic carbocycles. The largest absolute Gasteiger partial charge is 0.448 e. The monoisotopic (exact) mass is 569 g/mol. The Morgan fingerprint density at radius 3 is 1.73 bits per heavy atom. The fourth-order valence-corrected chi connectivity index (χ4v) is 2.97. The van der Waals surface area contributed by atoms with Crippen molar-refractivity contribution in [2.45, 2.75) is 58.3 Å². The maximum absolute atomic E-state index is 11.9. The van der Waals surface area contributed by atoms with E-state index in [-0.39, 0.29) is 24.4 Å². The lowest BCUT2D eigenvalue weighted by atomic mass is 10.2. The van der Waals surface area contributed by atoms with Gasteiger partial charge in [0.05, 0.1) is 0 Å². The molecule has 0 aromatic rings. The second-order valence-electron chi connectivity index (χ2n) is 9.06. The highest BCUT2D eigenvalue weighted by atomic mass is 16.5. The third-order valence-corrected chi connectivity index (χ3v) is 5.19. The van der Waals surface area contributed by atoms with Crippen LogP contribution in [0.1, 0.15) is 58.3 Å². The van der Waals surface area contributed by atoms with Crippen LogP contribution < -0.4 is 21.3 Å². The van der Waals surface area contributed by atoms with Crippen molar-refractivity contribution in [3.63, 3.8) is 0 Å². The summed E-state index contributed by atoms with van der Waals surface area (Å²) in [7, 11) is 3.28. The number of guanidine groups is 2. The fourth-order valence-electron chi connectivity index (χ4n) is 2.97. The molecule has 0 heterocycles. The zero-order valence-electron chi connectivity index (χ0n) is 25.1. The van der Waals surface area contributed by atoms with Gasteiger partial charge in [-0.3, -0.25) is 26.2 Å². The molecule has 0 rings (SSSR count). The van der Waals surface area contributed by atoms with Crippen LogP contribution in [0.3, 0.4) is 0 Å². The Kier molecular flexibility index (Phi) is 25.0. The van der Waals surface area contributed by atoms with Gasteiger partial charge in [0.15, 0.2) is 5.96 Å². The fraction of sp³-hybridized carbons (Fsp3) is 0.484. The summed E-state index contributed by atoms with van der Waals surface area (Å²) in [5.41, 5.74) is 0. The first kappa shape index (κ1) is 37.1. The van der Waals surface area contributed by atoms with Gasteiger partial charge >= 0.3 is 6.09 Å². The third kappa shape index (κ3) is 27.4. The predicted octanol–water partition coefficient (Wildman–Crippen LogP) is 4.92. The van der Waals surface area contributed by atoms with Gasteiger partial charge in [0.25, 0.3) is 0 Å². The van der Waals surface area contributed by atoms with E-state index in [2.05, 4.69) is 95.0 Å². The van der Waals surface area contributed by atoms with Crippen molar-refractivity contribution in [3.8, 4) is 0 Å². The first-order valence-electron chi connectivity index (χ1n) is 14.3.